The molecular weight excluding hydrogens is 328 g/mol. The molecule has 7 nitrogen and oxygen atoms in total. The lowest BCUT2D eigenvalue weighted by atomic mass is 10.2. The van der Waals surface area contributed by atoms with E-state index in [1.165, 1.54) is 16.2 Å². The Morgan fingerprint density at radius 3 is 2.83 bits per heavy atom. The van der Waals surface area contributed by atoms with Gasteiger partial charge in [0, 0.05) is 0 Å². The summed E-state index contributed by atoms with van der Waals surface area (Å²) >= 11 is 1.47. The van der Waals surface area contributed by atoms with Gasteiger partial charge in [-0.1, -0.05) is 0 Å². The molecule has 24 heavy (non-hydrogen) atoms. The Morgan fingerprint density at radius 1 is 1.38 bits per heavy atom. The largest absolute Gasteiger partial charge is 0.467 e. The number of thiophene rings is 1. The van der Waals surface area contributed by atoms with Crippen LogP contribution in [0.3, 0.4) is 0 Å². The van der Waals surface area contributed by atoms with Gasteiger partial charge in [-0.25, -0.2) is 4.79 Å². The molecule has 0 fully saturated rings. The highest BCUT2D eigenvalue weighted by Crippen LogP contribution is 2.31. The number of anilines is 1. The number of nitrogens with zero attached hydrogens (tertiary/aromatic N) is 4. The van der Waals surface area contributed by atoms with E-state index in [1.54, 1.807) is 18.4 Å². The molecule has 0 N–H and O–H groups in total. The molecule has 8 heteroatoms. The molecule has 0 atom stereocenters. The molecule has 0 unspecified atom stereocenters. The van der Waals surface area contributed by atoms with Gasteiger partial charge >= 0.3 is 6.09 Å². The summed E-state index contributed by atoms with van der Waals surface area (Å²) in [7, 11) is 0. The maximum atomic E-state index is 12.7. The zero-order chi connectivity index (χ0) is 17.3. The average Bonchev–Trinajstić information content (AvgIpc) is 3.13. The second-order valence-corrected chi connectivity index (χ2v) is 7.23. The number of furan rings is 1. The zero-order valence-electron chi connectivity index (χ0n) is 13.9. The number of hydrogen-bond acceptors (Lipinski definition) is 7. The SMILES string of the molecule is Cc1csc2c(N(Cc3ccco3)C(=O)OC(C)(C)C)nnnc12. The third-order valence-corrected chi connectivity index (χ3v) is 4.28. The molecule has 126 valence electrons. The molecule has 3 aromatic rings. The van der Waals surface area contributed by atoms with Gasteiger partial charge in [0.2, 0.25) is 0 Å². The molecule has 1 amide bonds. The minimum atomic E-state index is -0.622. The topological polar surface area (TPSA) is 81.4 Å². The highest BCUT2D eigenvalue weighted by atomic mass is 32.1. The summed E-state index contributed by atoms with van der Waals surface area (Å²) in [4.78, 5) is 14.1. The van der Waals surface area contributed by atoms with Crippen molar-refractivity contribution < 1.29 is 13.9 Å². The highest BCUT2D eigenvalue weighted by molar-refractivity contribution is 7.18. The van der Waals surface area contributed by atoms with E-state index in [1.807, 2.05) is 33.1 Å². The molecule has 0 bridgehead atoms. The molecule has 0 saturated carbocycles. The van der Waals surface area contributed by atoms with E-state index in [4.69, 9.17) is 9.15 Å². The van der Waals surface area contributed by atoms with Crippen molar-refractivity contribution in [1.82, 2.24) is 15.4 Å². The lowest BCUT2D eigenvalue weighted by Crippen LogP contribution is -2.37. The first-order valence-electron chi connectivity index (χ1n) is 7.45. The van der Waals surface area contributed by atoms with Gasteiger partial charge in [0.15, 0.2) is 5.82 Å². The minimum Gasteiger partial charge on any atom is -0.467 e. The van der Waals surface area contributed by atoms with Crippen molar-refractivity contribution in [2.75, 3.05) is 4.90 Å². The summed E-state index contributed by atoms with van der Waals surface area (Å²) in [5.74, 6) is 1.05. The van der Waals surface area contributed by atoms with Gasteiger partial charge in [0.1, 0.15) is 16.9 Å². The molecule has 0 aromatic carbocycles. The predicted octanol–water partition coefficient (Wildman–Crippen LogP) is 3.93. The van der Waals surface area contributed by atoms with Crippen LogP contribution in [0.5, 0.6) is 0 Å². The first kappa shape index (κ1) is 16.4. The lowest BCUT2D eigenvalue weighted by molar-refractivity contribution is 0.0574. The Hall–Kier alpha value is -2.48. The van der Waals surface area contributed by atoms with Crippen LogP contribution in [0.15, 0.2) is 28.2 Å². The van der Waals surface area contributed by atoms with Crippen LogP contribution in [0.2, 0.25) is 0 Å². The van der Waals surface area contributed by atoms with Gasteiger partial charge in [0.05, 0.1) is 17.5 Å². The van der Waals surface area contributed by atoms with E-state index in [0.717, 1.165) is 15.8 Å². The molecule has 3 aromatic heterocycles. The zero-order valence-corrected chi connectivity index (χ0v) is 14.8. The van der Waals surface area contributed by atoms with Crippen molar-refractivity contribution in [1.29, 1.82) is 0 Å². The highest BCUT2D eigenvalue weighted by Gasteiger charge is 2.28. The van der Waals surface area contributed by atoms with Crippen LogP contribution in [0.25, 0.3) is 10.2 Å². The van der Waals surface area contributed by atoms with Crippen molar-refractivity contribution in [2.45, 2.75) is 39.8 Å². The smallest absolute Gasteiger partial charge is 0.416 e. The second kappa shape index (κ2) is 6.20. The first-order valence-corrected chi connectivity index (χ1v) is 8.33. The summed E-state index contributed by atoms with van der Waals surface area (Å²) in [5, 5.41) is 13.9. The van der Waals surface area contributed by atoms with Crippen molar-refractivity contribution in [3.8, 4) is 0 Å². The number of aryl methyl sites for hydroxylation is 1. The number of hydrogen-bond donors (Lipinski definition) is 0. The van der Waals surface area contributed by atoms with E-state index >= 15 is 0 Å². The fourth-order valence-electron chi connectivity index (χ4n) is 2.15. The molecule has 0 radical (unpaired) electrons. The van der Waals surface area contributed by atoms with E-state index in [2.05, 4.69) is 15.4 Å². The van der Waals surface area contributed by atoms with Crippen LogP contribution in [-0.4, -0.2) is 27.1 Å². The Kier molecular flexibility index (Phi) is 4.23. The normalized spacial score (nSPS) is 11.7. The first-order chi connectivity index (χ1) is 11.3. The van der Waals surface area contributed by atoms with Gasteiger partial charge in [-0.05, 0) is 56.0 Å². The van der Waals surface area contributed by atoms with Crippen LogP contribution in [0, 0.1) is 6.92 Å². The Balaban J connectivity index is 2.04. The van der Waals surface area contributed by atoms with Crippen LogP contribution in [0.4, 0.5) is 10.6 Å². The molecule has 3 rings (SSSR count). The van der Waals surface area contributed by atoms with Crippen LogP contribution in [0.1, 0.15) is 32.1 Å². The fourth-order valence-corrected chi connectivity index (χ4v) is 3.13. The summed E-state index contributed by atoms with van der Waals surface area (Å²) in [5.41, 5.74) is 1.11. The monoisotopic (exact) mass is 346 g/mol. The van der Waals surface area contributed by atoms with Gasteiger partial charge in [-0.3, -0.25) is 4.90 Å². The molecule has 0 aliphatic carbocycles. The van der Waals surface area contributed by atoms with Crippen LogP contribution >= 0.6 is 11.3 Å². The third kappa shape index (κ3) is 3.38. The summed E-state index contributed by atoms with van der Waals surface area (Å²) in [6.45, 7) is 7.60. The standard InChI is InChI=1S/C16H18N4O3S/c1-10-9-24-13-12(10)17-19-18-14(13)20(8-11-6-5-7-22-11)15(21)23-16(2,3)4/h5-7,9H,8H2,1-4H3. The van der Waals surface area contributed by atoms with Crippen LogP contribution in [-0.2, 0) is 11.3 Å². The molecule has 0 saturated heterocycles. The Labute approximate surface area is 143 Å². The molecule has 0 aliphatic rings. The average molecular weight is 346 g/mol. The fraction of sp³-hybridized carbons (Fsp3) is 0.375. The maximum Gasteiger partial charge on any atom is 0.416 e. The van der Waals surface area contributed by atoms with E-state index in [0.29, 0.717) is 11.6 Å². The minimum absolute atomic E-state index is 0.201. The Bertz CT molecular complexity index is 852. The number of carbonyl (C=O) groups excluding carboxylic acids is 1. The number of rotatable bonds is 3. The van der Waals surface area contributed by atoms with Gasteiger partial charge < -0.3 is 9.15 Å². The lowest BCUT2D eigenvalue weighted by Gasteiger charge is -2.26. The second-order valence-electron chi connectivity index (χ2n) is 6.36. The van der Waals surface area contributed by atoms with Gasteiger partial charge in [-0.2, -0.15) is 0 Å². The summed E-state index contributed by atoms with van der Waals surface area (Å²) < 4.78 is 11.7. The third-order valence-electron chi connectivity index (χ3n) is 3.19. The number of amides is 1. The van der Waals surface area contributed by atoms with Crippen LogP contribution < -0.4 is 4.90 Å². The van der Waals surface area contributed by atoms with E-state index < -0.39 is 11.7 Å². The summed E-state index contributed by atoms with van der Waals surface area (Å²) in [6.07, 6.45) is 1.05. The van der Waals surface area contributed by atoms with Gasteiger partial charge in [-0.15, -0.1) is 21.5 Å². The number of carbonyl (C=O) groups is 1. The maximum absolute atomic E-state index is 12.7. The summed E-state index contributed by atoms with van der Waals surface area (Å²) in [6, 6.07) is 3.56. The van der Waals surface area contributed by atoms with E-state index in [-0.39, 0.29) is 6.54 Å². The predicted molar refractivity (Wildman–Crippen MR) is 91.1 cm³/mol. The Morgan fingerprint density at radius 2 is 2.17 bits per heavy atom. The van der Waals surface area contributed by atoms with E-state index in [9.17, 15) is 4.79 Å². The van der Waals surface area contributed by atoms with Crippen molar-refractivity contribution in [3.05, 3.63) is 35.1 Å². The molecule has 3 heterocycles. The quantitative estimate of drug-likeness (QED) is 0.715. The van der Waals surface area contributed by atoms with Crippen molar-refractivity contribution in [2.24, 2.45) is 0 Å². The number of aromatic nitrogens is 3. The van der Waals surface area contributed by atoms with Crippen molar-refractivity contribution in [3.63, 3.8) is 0 Å². The number of fused-ring (bicyclic) bond motifs is 1. The molecule has 0 spiro atoms. The van der Waals surface area contributed by atoms with Gasteiger partial charge in [0.25, 0.3) is 0 Å². The molecular formula is C16H18N4O3S. The molecule has 0 aliphatic heterocycles. The number of ether oxygens (including phenoxy) is 1. The van der Waals surface area contributed by atoms with Crippen molar-refractivity contribution >= 4 is 33.5 Å².